The van der Waals surface area contributed by atoms with Gasteiger partial charge in [0.2, 0.25) is 0 Å². The number of Topliss-reactive ketones (excluding diaryl/α,β-unsaturated/α-hetero) is 1. The van der Waals surface area contributed by atoms with E-state index in [2.05, 4.69) is 0 Å². The molecular weight excluding hydrogens is 218 g/mol. The third kappa shape index (κ3) is 1.65. The molecule has 0 bridgehead atoms. The van der Waals surface area contributed by atoms with Crippen LogP contribution in [0.15, 0.2) is 24.3 Å². The SMILES string of the molecule is CC(C)(C)N1C(=O)C(=O)c2ccccc2C1=O. The standard InChI is InChI=1S/C13H13NO3/c1-13(2,3)14-11(16)9-7-5-4-6-8(9)10(15)12(14)17/h4-7H,1-3H3. The summed E-state index contributed by atoms with van der Waals surface area (Å²) < 4.78 is 0. The molecule has 17 heavy (non-hydrogen) atoms. The van der Waals surface area contributed by atoms with Crippen LogP contribution in [0.2, 0.25) is 0 Å². The van der Waals surface area contributed by atoms with E-state index < -0.39 is 23.1 Å². The Morgan fingerprint density at radius 2 is 1.41 bits per heavy atom. The second kappa shape index (κ2) is 3.52. The average molecular weight is 231 g/mol. The van der Waals surface area contributed by atoms with E-state index in [9.17, 15) is 14.4 Å². The first-order chi connectivity index (χ1) is 7.84. The molecule has 2 amide bonds. The van der Waals surface area contributed by atoms with Crippen LogP contribution in [0.1, 0.15) is 41.5 Å². The fraction of sp³-hybridized carbons (Fsp3) is 0.308. The van der Waals surface area contributed by atoms with Crippen LogP contribution in [0, 0.1) is 0 Å². The monoisotopic (exact) mass is 231 g/mol. The molecule has 0 unspecified atom stereocenters. The topological polar surface area (TPSA) is 54.5 Å². The van der Waals surface area contributed by atoms with Gasteiger partial charge in [0.15, 0.2) is 0 Å². The molecule has 88 valence electrons. The summed E-state index contributed by atoms with van der Waals surface area (Å²) >= 11 is 0. The Morgan fingerprint density at radius 3 is 1.94 bits per heavy atom. The third-order valence-corrected chi connectivity index (χ3v) is 2.67. The van der Waals surface area contributed by atoms with Crippen molar-refractivity contribution >= 4 is 17.6 Å². The van der Waals surface area contributed by atoms with Gasteiger partial charge in [0.05, 0.1) is 5.56 Å². The highest BCUT2D eigenvalue weighted by Gasteiger charge is 2.42. The lowest BCUT2D eigenvalue weighted by atomic mass is 9.93. The van der Waals surface area contributed by atoms with Gasteiger partial charge in [-0.25, -0.2) is 0 Å². The number of ketones is 1. The van der Waals surface area contributed by atoms with E-state index in [0.717, 1.165) is 4.90 Å². The highest BCUT2D eigenvalue weighted by atomic mass is 16.2. The van der Waals surface area contributed by atoms with Crippen LogP contribution >= 0.6 is 0 Å². The van der Waals surface area contributed by atoms with Gasteiger partial charge in [0, 0.05) is 11.1 Å². The molecule has 1 aromatic carbocycles. The number of fused-ring (bicyclic) bond motifs is 1. The van der Waals surface area contributed by atoms with Crippen LogP contribution in [0.25, 0.3) is 0 Å². The highest BCUT2D eigenvalue weighted by Crippen LogP contribution is 2.25. The zero-order chi connectivity index (χ0) is 12.8. The number of amides is 2. The number of nitrogens with zero attached hydrogens (tertiary/aromatic N) is 1. The van der Waals surface area contributed by atoms with Crippen LogP contribution in [0.5, 0.6) is 0 Å². The predicted octanol–water partition coefficient (Wildman–Crippen LogP) is 1.65. The Morgan fingerprint density at radius 1 is 0.882 bits per heavy atom. The maximum atomic E-state index is 12.2. The summed E-state index contributed by atoms with van der Waals surface area (Å²) in [6, 6.07) is 6.40. The van der Waals surface area contributed by atoms with E-state index in [1.165, 1.54) is 6.07 Å². The minimum atomic E-state index is -0.749. The van der Waals surface area contributed by atoms with E-state index >= 15 is 0 Å². The number of benzene rings is 1. The van der Waals surface area contributed by atoms with Crippen LogP contribution in [0.3, 0.4) is 0 Å². The van der Waals surface area contributed by atoms with Gasteiger partial charge in [-0.1, -0.05) is 18.2 Å². The molecule has 0 saturated carbocycles. The van der Waals surface area contributed by atoms with Crippen molar-refractivity contribution in [1.82, 2.24) is 4.90 Å². The molecule has 4 heteroatoms. The molecule has 0 spiro atoms. The quantitative estimate of drug-likeness (QED) is 0.504. The lowest BCUT2D eigenvalue weighted by Crippen LogP contribution is -2.55. The van der Waals surface area contributed by atoms with E-state index in [1.807, 2.05) is 0 Å². The van der Waals surface area contributed by atoms with Gasteiger partial charge >= 0.3 is 5.91 Å². The Bertz CT molecular complexity index is 526. The van der Waals surface area contributed by atoms with Crippen molar-refractivity contribution in [3.8, 4) is 0 Å². The minimum Gasteiger partial charge on any atom is -0.283 e. The van der Waals surface area contributed by atoms with Crippen LogP contribution < -0.4 is 0 Å². The number of imide groups is 1. The first-order valence-corrected chi connectivity index (χ1v) is 5.36. The van der Waals surface area contributed by atoms with E-state index in [0.29, 0.717) is 5.56 Å². The van der Waals surface area contributed by atoms with Gasteiger partial charge < -0.3 is 0 Å². The highest BCUT2D eigenvalue weighted by molar-refractivity contribution is 6.49. The number of hydrogen-bond acceptors (Lipinski definition) is 3. The Balaban J connectivity index is 2.63. The third-order valence-electron chi connectivity index (χ3n) is 2.67. The largest absolute Gasteiger partial charge is 0.302 e. The van der Waals surface area contributed by atoms with E-state index in [1.54, 1.807) is 39.0 Å². The van der Waals surface area contributed by atoms with Gasteiger partial charge in [-0.3, -0.25) is 19.3 Å². The molecular formula is C13H13NO3. The van der Waals surface area contributed by atoms with Gasteiger partial charge in [-0.05, 0) is 26.8 Å². The molecule has 0 fully saturated rings. The summed E-state index contributed by atoms with van der Waals surface area (Å²) in [4.78, 5) is 37.0. The number of carbonyl (C=O) groups is 3. The summed E-state index contributed by atoms with van der Waals surface area (Å²) in [7, 11) is 0. The van der Waals surface area contributed by atoms with Crippen molar-refractivity contribution in [2.75, 3.05) is 0 Å². The smallest absolute Gasteiger partial charge is 0.283 e. The molecule has 0 saturated heterocycles. The molecule has 4 nitrogen and oxygen atoms in total. The van der Waals surface area contributed by atoms with Gasteiger partial charge in [0.1, 0.15) is 0 Å². The summed E-state index contributed by atoms with van der Waals surface area (Å²) in [6.45, 7) is 5.18. The average Bonchev–Trinajstić information content (AvgIpc) is 2.24. The van der Waals surface area contributed by atoms with E-state index in [-0.39, 0.29) is 5.56 Å². The first kappa shape index (κ1) is 11.5. The van der Waals surface area contributed by atoms with Crippen LogP contribution in [0.4, 0.5) is 0 Å². The molecule has 0 radical (unpaired) electrons. The van der Waals surface area contributed by atoms with Crippen LogP contribution in [-0.4, -0.2) is 28.0 Å². The molecule has 1 heterocycles. The Hall–Kier alpha value is -1.97. The summed E-state index contributed by atoms with van der Waals surface area (Å²) in [5.74, 6) is -1.77. The summed E-state index contributed by atoms with van der Waals surface area (Å²) in [5.41, 5.74) is -0.202. The maximum Gasteiger partial charge on any atom is 0.302 e. The molecule has 2 rings (SSSR count). The molecule has 0 atom stereocenters. The molecule has 0 aromatic heterocycles. The van der Waals surface area contributed by atoms with Crippen molar-refractivity contribution in [1.29, 1.82) is 0 Å². The number of carbonyl (C=O) groups excluding carboxylic acids is 3. The lowest BCUT2D eigenvalue weighted by Gasteiger charge is -2.36. The Labute approximate surface area is 99.2 Å². The van der Waals surface area contributed by atoms with Gasteiger partial charge in [0.25, 0.3) is 11.7 Å². The molecule has 1 aliphatic heterocycles. The van der Waals surface area contributed by atoms with Crippen molar-refractivity contribution in [2.24, 2.45) is 0 Å². The van der Waals surface area contributed by atoms with Crippen molar-refractivity contribution in [3.63, 3.8) is 0 Å². The molecule has 1 aliphatic rings. The van der Waals surface area contributed by atoms with Crippen LogP contribution in [-0.2, 0) is 4.79 Å². The first-order valence-electron chi connectivity index (χ1n) is 5.36. The van der Waals surface area contributed by atoms with Crippen molar-refractivity contribution < 1.29 is 14.4 Å². The van der Waals surface area contributed by atoms with E-state index in [4.69, 9.17) is 0 Å². The van der Waals surface area contributed by atoms with Crippen molar-refractivity contribution in [2.45, 2.75) is 26.3 Å². The fourth-order valence-electron chi connectivity index (χ4n) is 1.91. The predicted molar refractivity (Wildman–Crippen MR) is 61.7 cm³/mol. The normalized spacial score (nSPS) is 16.2. The number of rotatable bonds is 0. The van der Waals surface area contributed by atoms with Gasteiger partial charge in [-0.2, -0.15) is 0 Å². The lowest BCUT2D eigenvalue weighted by molar-refractivity contribution is -0.127. The summed E-state index contributed by atoms with van der Waals surface area (Å²) in [6.07, 6.45) is 0. The molecule has 1 aromatic rings. The minimum absolute atomic E-state index is 0.197. The van der Waals surface area contributed by atoms with Crippen molar-refractivity contribution in [3.05, 3.63) is 35.4 Å². The molecule has 0 N–H and O–H groups in total. The Kier molecular flexibility index (Phi) is 2.38. The second-order valence-corrected chi connectivity index (χ2v) is 4.99. The van der Waals surface area contributed by atoms with Gasteiger partial charge in [-0.15, -0.1) is 0 Å². The number of hydrogen-bond donors (Lipinski definition) is 0. The zero-order valence-electron chi connectivity index (χ0n) is 9.98. The summed E-state index contributed by atoms with van der Waals surface area (Å²) in [5, 5.41) is 0. The fourth-order valence-corrected chi connectivity index (χ4v) is 1.91. The second-order valence-electron chi connectivity index (χ2n) is 4.99. The molecule has 0 aliphatic carbocycles. The maximum absolute atomic E-state index is 12.2. The zero-order valence-corrected chi connectivity index (χ0v) is 9.98.